The molecular weight excluding hydrogens is 114 g/mol. The number of carboxylic acid groups (broad SMARTS) is 2. The van der Waals surface area contributed by atoms with Crippen molar-refractivity contribution in [2.75, 3.05) is 0 Å². The summed E-state index contributed by atoms with van der Waals surface area (Å²) in [5.74, 6) is -3.65. The highest BCUT2D eigenvalue weighted by molar-refractivity contribution is 6.27. The first kappa shape index (κ1) is 9.66. The molecule has 0 amide bonds. The zero-order valence-electron chi connectivity index (χ0n) is 3.66. The summed E-state index contributed by atoms with van der Waals surface area (Å²) in [6, 6.07) is 0. The molecule has 0 aromatic carbocycles. The van der Waals surface area contributed by atoms with Crippen molar-refractivity contribution in [1.82, 2.24) is 0 Å². The summed E-state index contributed by atoms with van der Waals surface area (Å²) in [7, 11) is 0. The number of rotatable bonds is 0. The van der Waals surface area contributed by atoms with E-state index in [1.807, 2.05) is 0 Å². The molecule has 0 atom stereocenters. The molecule has 0 saturated heterocycles. The van der Waals surface area contributed by atoms with E-state index in [-0.39, 0.29) is 0 Å². The van der Waals surface area contributed by atoms with Gasteiger partial charge in [-0.25, -0.2) is 9.59 Å². The minimum Gasteiger partial charge on any atom is -0.512 e. The van der Waals surface area contributed by atoms with Gasteiger partial charge in [-0.05, 0) is 0 Å². The SMILES string of the molecule is O=C(O)C(=O)O.[C-]#N. The standard InChI is InChI=1S/C2H2O4.CN/c3-1(4)2(5)6;1-2/h(H,3,4)(H,5,6);/q;-1. The van der Waals surface area contributed by atoms with Crippen LogP contribution >= 0.6 is 0 Å². The molecule has 0 spiro atoms. The molecule has 44 valence electrons. The Morgan fingerprint density at radius 2 is 1.25 bits per heavy atom. The van der Waals surface area contributed by atoms with Gasteiger partial charge in [-0.3, -0.25) is 0 Å². The summed E-state index contributed by atoms with van der Waals surface area (Å²) < 4.78 is 0. The van der Waals surface area contributed by atoms with E-state index in [4.69, 9.17) is 31.6 Å². The average molecular weight is 116 g/mol. The molecule has 2 N–H and O–H groups in total. The largest absolute Gasteiger partial charge is 0.512 e. The van der Waals surface area contributed by atoms with E-state index in [0.717, 1.165) is 0 Å². The number of aliphatic carboxylic acids is 2. The third kappa shape index (κ3) is 8.83. The maximum absolute atomic E-state index is 9.10. The predicted molar refractivity (Wildman–Crippen MR) is 20.2 cm³/mol. The van der Waals surface area contributed by atoms with Gasteiger partial charge in [0, 0.05) is 0 Å². The molecule has 5 heteroatoms. The van der Waals surface area contributed by atoms with Crippen LogP contribution in [0.2, 0.25) is 0 Å². The lowest BCUT2D eigenvalue weighted by Gasteiger charge is -1.72. The summed E-state index contributed by atoms with van der Waals surface area (Å²) in [6.45, 7) is 4.75. The quantitative estimate of drug-likeness (QED) is 0.320. The summed E-state index contributed by atoms with van der Waals surface area (Å²) in [5, 5.41) is 21.0. The van der Waals surface area contributed by atoms with E-state index in [0.29, 0.717) is 0 Å². The lowest BCUT2D eigenvalue weighted by molar-refractivity contribution is -0.159. The van der Waals surface area contributed by atoms with Crippen LogP contribution in [-0.4, -0.2) is 22.2 Å². The molecule has 0 heterocycles. The molecule has 0 radical (unpaired) electrons. The molecule has 0 saturated carbocycles. The van der Waals surface area contributed by atoms with Crippen LogP contribution in [0.25, 0.3) is 0 Å². The van der Waals surface area contributed by atoms with Gasteiger partial charge in [0.15, 0.2) is 0 Å². The lowest BCUT2D eigenvalue weighted by Crippen LogP contribution is -2.09. The molecular formula is C3H2NO4-. The highest BCUT2D eigenvalue weighted by Crippen LogP contribution is 1.56. The predicted octanol–water partition coefficient (Wildman–Crippen LogP) is -0.748. The van der Waals surface area contributed by atoms with E-state index in [1.165, 1.54) is 0 Å². The molecule has 0 fully saturated rings. The van der Waals surface area contributed by atoms with Crippen molar-refractivity contribution in [2.45, 2.75) is 0 Å². The maximum Gasteiger partial charge on any atom is 0.414 e. The van der Waals surface area contributed by atoms with Gasteiger partial charge in [-0.1, -0.05) is 0 Å². The monoisotopic (exact) mass is 116 g/mol. The second kappa shape index (κ2) is 5.43. The summed E-state index contributed by atoms with van der Waals surface area (Å²) >= 11 is 0. The minimum atomic E-state index is -1.82. The van der Waals surface area contributed by atoms with Crippen LogP contribution in [0.15, 0.2) is 0 Å². The number of carboxylic acids is 2. The fourth-order valence-electron chi connectivity index (χ4n) is 0. The molecule has 0 rings (SSSR count). The topological polar surface area (TPSA) is 98.4 Å². The Bertz CT molecular complexity index is 104. The molecule has 8 heavy (non-hydrogen) atoms. The fourth-order valence-corrected chi connectivity index (χ4v) is 0. The Balaban J connectivity index is 0. The van der Waals surface area contributed by atoms with Crippen LogP contribution in [0.1, 0.15) is 0 Å². The van der Waals surface area contributed by atoms with E-state index in [1.54, 1.807) is 0 Å². The van der Waals surface area contributed by atoms with Crippen LogP contribution in [0, 0.1) is 11.8 Å². The van der Waals surface area contributed by atoms with Crippen LogP contribution in [0.3, 0.4) is 0 Å². The number of nitrogens with zero attached hydrogens (tertiary/aromatic N) is 1. The van der Waals surface area contributed by atoms with Crippen molar-refractivity contribution in [3.05, 3.63) is 6.57 Å². The van der Waals surface area contributed by atoms with Crippen molar-refractivity contribution in [1.29, 1.82) is 5.26 Å². The van der Waals surface area contributed by atoms with E-state index in [2.05, 4.69) is 0 Å². The van der Waals surface area contributed by atoms with Crippen LogP contribution in [0.4, 0.5) is 0 Å². The first-order valence-corrected chi connectivity index (χ1v) is 1.33. The second-order valence-corrected chi connectivity index (χ2v) is 0.610. The molecule has 0 aromatic heterocycles. The van der Waals surface area contributed by atoms with E-state index in [9.17, 15) is 0 Å². The Morgan fingerprint density at radius 3 is 1.25 bits per heavy atom. The maximum atomic E-state index is 9.10. The van der Waals surface area contributed by atoms with Gasteiger partial charge in [0.25, 0.3) is 0 Å². The highest BCUT2D eigenvalue weighted by Gasteiger charge is 2.04. The third-order valence-corrected chi connectivity index (χ3v) is 0.183. The lowest BCUT2D eigenvalue weighted by atomic mass is 10.7. The van der Waals surface area contributed by atoms with Gasteiger partial charge < -0.3 is 22.0 Å². The molecule has 0 bridgehead atoms. The van der Waals surface area contributed by atoms with Gasteiger partial charge >= 0.3 is 11.9 Å². The Labute approximate surface area is 44.8 Å². The van der Waals surface area contributed by atoms with E-state index >= 15 is 0 Å². The smallest absolute Gasteiger partial charge is 0.414 e. The Morgan fingerprint density at radius 1 is 1.12 bits per heavy atom. The Hall–Kier alpha value is -1.57. The van der Waals surface area contributed by atoms with E-state index < -0.39 is 11.9 Å². The van der Waals surface area contributed by atoms with Gasteiger partial charge in [-0.15, -0.1) is 0 Å². The second-order valence-electron chi connectivity index (χ2n) is 0.610. The normalized spacial score (nSPS) is 5.75. The zero-order chi connectivity index (χ0) is 7.15. The fraction of sp³-hybridized carbons (Fsp3) is 0. The van der Waals surface area contributed by atoms with Crippen LogP contribution < -0.4 is 0 Å². The molecule has 0 aromatic rings. The summed E-state index contributed by atoms with van der Waals surface area (Å²) in [4.78, 5) is 18.2. The first-order valence-electron chi connectivity index (χ1n) is 1.33. The molecule has 0 unspecified atom stereocenters. The third-order valence-electron chi connectivity index (χ3n) is 0.183. The summed E-state index contributed by atoms with van der Waals surface area (Å²) in [6.07, 6.45) is 0. The molecule has 0 aliphatic heterocycles. The summed E-state index contributed by atoms with van der Waals surface area (Å²) in [5.41, 5.74) is 0. The molecule has 0 aliphatic carbocycles. The van der Waals surface area contributed by atoms with Crippen molar-refractivity contribution < 1.29 is 19.8 Å². The number of hydrogen-bond acceptors (Lipinski definition) is 3. The van der Waals surface area contributed by atoms with Crippen molar-refractivity contribution >= 4 is 11.9 Å². The Kier molecular flexibility index (Phi) is 6.56. The molecule has 0 aliphatic rings. The van der Waals surface area contributed by atoms with Gasteiger partial charge in [0.1, 0.15) is 0 Å². The number of carbonyl (C=O) groups is 2. The van der Waals surface area contributed by atoms with Crippen molar-refractivity contribution in [3.63, 3.8) is 0 Å². The number of hydrogen-bond donors (Lipinski definition) is 2. The van der Waals surface area contributed by atoms with Crippen LogP contribution in [-0.2, 0) is 9.59 Å². The van der Waals surface area contributed by atoms with Gasteiger partial charge in [0.2, 0.25) is 0 Å². The highest BCUT2D eigenvalue weighted by atomic mass is 16.4. The van der Waals surface area contributed by atoms with Gasteiger partial charge in [-0.2, -0.15) is 0 Å². The van der Waals surface area contributed by atoms with Crippen molar-refractivity contribution in [2.24, 2.45) is 0 Å². The minimum absolute atomic E-state index is 1.82. The zero-order valence-corrected chi connectivity index (χ0v) is 3.66. The molecule has 5 nitrogen and oxygen atoms in total. The first-order chi connectivity index (χ1) is 3.64. The van der Waals surface area contributed by atoms with Crippen molar-refractivity contribution in [3.8, 4) is 0 Å². The average Bonchev–Trinajstić information content (AvgIpc) is 1.72. The van der Waals surface area contributed by atoms with Gasteiger partial charge in [0.05, 0.1) is 0 Å². The van der Waals surface area contributed by atoms with Crippen LogP contribution in [0.5, 0.6) is 0 Å².